The van der Waals surface area contributed by atoms with Gasteiger partial charge in [-0.25, -0.2) is 17.9 Å². The molecule has 0 fully saturated rings. The normalized spacial score (nSPS) is 11.2. The van der Waals surface area contributed by atoms with Crippen LogP contribution in [0, 0.1) is 0 Å². The van der Waals surface area contributed by atoms with E-state index in [0.29, 0.717) is 25.1 Å². The van der Waals surface area contributed by atoms with Crippen LogP contribution in [0.1, 0.15) is 12.0 Å². The number of methoxy groups -OCH3 is 1. The summed E-state index contributed by atoms with van der Waals surface area (Å²) in [7, 11) is -2.34. The number of aryl methyl sites for hydroxylation is 1. The minimum atomic E-state index is -3.59. The van der Waals surface area contributed by atoms with Gasteiger partial charge < -0.3 is 9.26 Å². The number of carbonyl (C=O) groups excluding carboxylic acids is 1. The van der Waals surface area contributed by atoms with E-state index >= 15 is 0 Å². The molecule has 1 aromatic heterocycles. The molecule has 9 heteroatoms. The molecule has 0 bridgehead atoms. The molecule has 8 nitrogen and oxygen atoms in total. The zero-order valence-electron chi connectivity index (χ0n) is 12.5. The third kappa shape index (κ3) is 5.08. The Kier molecular flexibility index (Phi) is 5.72. The highest BCUT2D eigenvalue weighted by atomic mass is 32.2. The van der Waals surface area contributed by atoms with Crippen LogP contribution in [0.25, 0.3) is 0 Å². The number of carbonyl (C=O) groups is 1. The van der Waals surface area contributed by atoms with Crippen LogP contribution in [0.15, 0.2) is 46.1 Å². The number of rotatable bonds is 7. The fraction of sp³-hybridized carbons (Fsp3) is 0.286. The van der Waals surface area contributed by atoms with Gasteiger partial charge in [0.1, 0.15) is 6.26 Å². The van der Waals surface area contributed by atoms with Crippen molar-refractivity contribution < 1.29 is 22.5 Å². The van der Waals surface area contributed by atoms with Gasteiger partial charge >= 0.3 is 6.09 Å². The van der Waals surface area contributed by atoms with Crippen LogP contribution in [-0.2, 0) is 21.2 Å². The van der Waals surface area contributed by atoms with E-state index in [2.05, 4.69) is 19.9 Å². The lowest BCUT2D eigenvalue weighted by Crippen LogP contribution is -2.25. The summed E-state index contributed by atoms with van der Waals surface area (Å²) in [5.41, 5.74) is 1.37. The van der Waals surface area contributed by atoms with Gasteiger partial charge in [-0.1, -0.05) is 5.16 Å². The summed E-state index contributed by atoms with van der Waals surface area (Å²) in [5, 5.41) is 6.03. The fourth-order valence-corrected chi connectivity index (χ4v) is 2.89. The van der Waals surface area contributed by atoms with Crippen LogP contribution in [0.5, 0.6) is 0 Å². The van der Waals surface area contributed by atoms with Crippen molar-refractivity contribution in [3.05, 3.63) is 42.3 Å². The third-order valence-electron chi connectivity index (χ3n) is 3.01. The average Bonchev–Trinajstić information content (AvgIpc) is 3.05. The summed E-state index contributed by atoms with van der Waals surface area (Å²) >= 11 is 0. The lowest BCUT2D eigenvalue weighted by Gasteiger charge is -2.08. The van der Waals surface area contributed by atoms with Crippen LogP contribution < -0.4 is 10.0 Å². The van der Waals surface area contributed by atoms with Crippen molar-refractivity contribution in [2.45, 2.75) is 17.7 Å². The van der Waals surface area contributed by atoms with Crippen LogP contribution in [0.2, 0.25) is 0 Å². The van der Waals surface area contributed by atoms with E-state index in [1.165, 1.54) is 37.6 Å². The number of sulfonamides is 1. The van der Waals surface area contributed by atoms with E-state index in [9.17, 15) is 13.2 Å². The number of nitrogens with one attached hydrogen (secondary N) is 2. The maximum absolute atomic E-state index is 12.1. The van der Waals surface area contributed by atoms with Gasteiger partial charge in [-0.15, -0.1) is 0 Å². The summed E-state index contributed by atoms with van der Waals surface area (Å²) in [4.78, 5) is 11.2. The molecule has 0 atom stereocenters. The molecule has 1 heterocycles. The second-order valence-corrected chi connectivity index (χ2v) is 6.44. The first-order chi connectivity index (χ1) is 11.0. The second kappa shape index (κ2) is 7.75. The number of ether oxygens (including phenoxy) is 1. The molecule has 0 unspecified atom stereocenters. The molecule has 2 N–H and O–H groups in total. The Bertz CT molecular complexity index is 726. The summed E-state index contributed by atoms with van der Waals surface area (Å²) in [6.45, 7) is 0.301. The predicted molar refractivity (Wildman–Crippen MR) is 82.5 cm³/mol. The Morgan fingerprint density at radius 3 is 2.65 bits per heavy atom. The Morgan fingerprint density at radius 1 is 1.30 bits per heavy atom. The van der Waals surface area contributed by atoms with Crippen molar-refractivity contribution in [2.75, 3.05) is 19.0 Å². The first-order valence-electron chi connectivity index (χ1n) is 6.84. The zero-order valence-corrected chi connectivity index (χ0v) is 13.3. The number of anilines is 1. The van der Waals surface area contributed by atoms with Gasteiger partial charge in [-0.3, -0.25) is 5.32 Å². The fourth-order valence-electron chi connectivity index (χ4n) is 1.82. The highest BCUT2D eigenvalue weighted by Crippen LogP contribution is 2.14. The number of hydrogen-bond acceptors (Lipinski definition) is 6. The highest BCUT2D eigenvalue weighted by Gasteiger charge is 2.13. The molecular weight excluding hydrogens is 322 g/mol. The highest BCUT2D eigenvalue weighted by molar-refractivity contribution is 7.89. The predicted octanol–water partition coefficient (Wildman–Crippen LogP) is 1.76. The van der Waals surface area contributed by atoms with Crippen LogP contribution in [-0.4, -0.2) is 33.3 Å². The van der Waals surface area contributed by atoms with Gasteiger partial charge in [0.15, 0.2) is 0 Å². The molecule has 0 radical (unpaired) electrons. The molecule has 0 aliphatic carbocycles. The Balaban J connectivity index is 1.87. The SMILES string of the molecule is COC(=O)Nc1ccc(S(=O)(=O)NCCCc2cnoc2)cc1. The van der Waals surface area contributed by atoms with Crippen LogP contribution in [0.4, 0.5) is 10.5 Å². The monoisotopic (exact) mass is 339 g/mol. The standard InChI is InChI=1S/C14H17N3O5S/c1-21-14(18)17-12-4-6-13(7-5-12)23(19,20)16-8-2-3-11-9-15-22-10-11/h4-7,9-10,16H,2-3,8H2,1H3,(H,17,18). The largest absolute Gasteiger partial charge is 0.453 e. The molecule has 1 aromatic carbocycles. The van der Waals surface area contributed by atoms with Gasteiger partial charge in [-0.05, 0) is 37.1 Å². The molecular formula is C14H17N3O5S. The van der Waals surface area contributed by atoms with Crippen molar-refractivity contribution in [2.24, 2.45) is 0 Å². The lowest BCUT2D eigenvalue weighted by atomic mass is 10.2. The molecule has 2 aromatic rings. The van der Waals surface area contributed by atoms with Gasteiger partial charge in [0.25, 0.3) is 0 Å². The van der Waals surface area contributed by atoms with Gasteiger partial charge in [0.2, 0.25) is 10.0 Å². The van der Waals surface area contributed by atoms with E-state index in [-0.39, 0.29) is 4.90 Å². The second-order valence-electron chi connectivity index (χ2n) is 4.67. The van der Waals surface area contributed by atoms with E-state index in [1.807, 2.05) is 0 Å². The van der Waals surface area contributed by atoms with E-state index < -0.39 is 16.1 Å². The Hall–Kier alpha value is -2.39. The molecule has 0 aliphatic rings. The van der Waals surface area contributed by atoms with E-state index in [4.69, 9.17) is 4.52 Å². The van der Waals surface area contributed by atoms with Crippen molar-refractivity contribution in [1.29, 1.82) is 0 Å². The molecule has 0 spiro atoms. The van der Waals surface area contributed by atoms with Crippen LogP contribution >= 0.6 is 0 Å². The maximum Gasteiger partial charge on any atom is 0.411 e. The minimum Gasteiger partial charge on any atom is -0.453 e. The van der Waals surface area contributed by atoms with Crippen molar-refractivity contribution in [3.63, 3.8) is 0 Å². The zero-order chi connectivity index (χ0) is 16.7. The first kappa shape index (κ1) is 17.0. The smallest absolute Gasteiger partial charge is 0.411 e. The molecule has 124 valence electrons. The Morgan fingerprint density at radius 2 is 2.04 bits per heavy atom. The quantitative estimate of drug-likeness (QED) is 0.744. The molecule has 2 rings (SSSR count). The molecule has 0 saturated heterocycles. The minimum absolute atomic E-state index is 0.123. The summed E-state index contributed by atoms with van der Waals surface area (Å²) in [5.74, 6) is 0. The summed E-state index contributed by atoms with van der Waals surface area (Å²) in [6, 6.07) is 5.80. The van der Waals surface area contributed by atoms with Crippen molar-refractivity contribution in [1.82, 2.24) is 9.88 Å². The maximum atomic E-state index is 12.1. The van der Waals surface area contributed by atoms with Crippen molar-refractivity contribution >= 4 is 21.8 Å². The molecule has 0 saturated carbocycles. The van der Waals surface area contributed by atoms with E-state index in [0.717, 1.165) is 5.56 Å². The molecule has 0 aliphatic heterocycles. The van der Waals surface area contributed by atoms with Gasteiger partial charge in [-0.2, -0.15) is 0 Å². The average molecular weight is 339 g/mol. The van der Waals surface area contributed by atoms with E-state index in [1.54, 1.807) is 6.20 Å². The van der Waals surface area contributed by atoms with Crippen molar-refractivity contribution in [3.8, 4) is 0 Å². The summed E-state index contributed by atoms with van der Waals surface area (Å²) in [6.07, 6.45) is 3.81. The van der Waals surface area contributed by atoms with Gasteiger partial charge in [0.05, 0.1) is 18.2 Å². The number of benzene rings is 1. The number of hydrogen-bond donors (Lipinski definition) is 2. The third-order valence-corrected chi connectivity index (χ3v) is 4.49. The topological polar surface area (TPSA) is 111 Å². The molecule has 23 heavy (non-hydrogen) atoms. The molecule has 1 amide bonds. The number of aromatic nitrogens is 1. The van der Waals surface area contributed by atoms with Gasteiger partial charge in [0, 0.05) is 17.8 Å². The lowest BCUT2D eigenvalue weighted by molar-refractivity contribution is 0.187. The Labute approximate surface area is 133 Å². The number of amides is 1. The number of nitrogens with zero attached hydrogens (tertiary/aromatic N) is 1. The summed E-state index contributed by atoms with van der Waals surface area (Å²) < 4.78 is 35.9. The van der Waals surface area contributed by atoms with Crippen LogP contribution in [0.3, 0.4) is 0 Å². The first-order valence-corrected chi connectivity index (χ1v) is 8.32.